The lowest BCUT2D eigenvalue weighted by atomic mass is 9.90. The smallest absolute Gasteiger partial charge is 0.240 e. The number of carbonyl (C=O) groups excluding carboxylic acids is 1. The Labute approximate surface area is 163 Å². The molecule has 0 atom stereocenters. The third kappa shape index (κ3) is 4.99. The molecule has 0 fully saturated rings. The Hall–Kier alpha value is -2.04. The van der Waals surface area contributed by atoms with Gasteiger partial charge < -0.3 is 4.74 Å². The fourth-order valence-electron chi connectivity index (χ4n) is 2.91. The summed E-state index contributed by atoms with van der Waals surface area (Å²) in [6.45, 7) is 0.397. The largest absolute Gasteiger partial charge is 0.492 e. The van der Waals surface area contributed by atoms with Gasteiger partial charge in [0.15, 0.2) is 0 Å². The zero-order chi connectivity index (χ0) is 18.4. The Kier molecular flexibility index (Phi) is 6.53. The summed E-state index contributed by atoms with van der Waals surface area (Å²) < 4.78 is 5.58. The molecular weight excluding hydrogens is 371 g/mol. The Morgan fingerprint density at radius 1 is 1.15 bits per heavy atom. The summed E-state index contributed by atoms with van der Waals surface area (Å²) in [4.78, 5) is 12.0. The minimum Gasteiger partial charge on any atom is -0.492 e. The van der Waals surface area contributed by atoms with Crippen LogP contribution in [0.2, 0.25) is 10.0 Å². The van der Waals surface area contributed by atoms with E-state index >= 15 is 0 Å². The van der Waals surface area contributed by atoms with Crippen molar-refractivity contribution in [2.75, 3.05) is 6.61 Å². The van der Waals surface area contributed by atoms with Crippen molar-refractivity contribution in [3.63, 3.8) is 0 Å². The van der Waals surface area contributed by atoms with Crippen LogP contribution < -0.4 is 10.2 Å². The second-order valence-electron chi connectivity index (χ2n) is 6.13. The molecule has 6 heteroatoms. The van der Waals surface area contributed by atoms with Crippen molar-refractivity contribution in [3.05, 3.63) is 63.6 Å². The second-order valence-corrected chi connectivity index (χ2v) is 6.97. The van der Waals surface area contributed by atoms with Gasteiger partial charge >= 0.3 is 0 Å². The van der Waals surface area contributed by atoms with Gasteiger partial charge in [0.05, 0.1) is 17.3 Å². The fraction of sp³-hybridized carbons (Fsp3) is 0.300. The van der Waals surface area contributed by atoms with Gasteiger partial charge in [0.2, 0.25) is 5.91 Å². The molecule has 0 saturated carbocycles. The van der Waals surface area contributed by atoms with Crippen molar-refractivity contribution in [2.45, 2.75) is 32.1 Å². The molecule has 1 N–H and O–H groups in total. The molecule has 2 aromatic carbocycles. The van der Waals surface area contributed by atoms with Crippen LogP contribution in [0, 0.1) is 0 Å². The number of hydrogen-bond donors (Lipinski definition) is 1. The van der Waals surface area contributed by atoms with Crippen LogP contribution in [0.4, 0.5) is 0 Å². The molecule has 0 bridgehead atoms. The lowest BCUT2D eigenvalue weighted by Gasteiger charge is -2.17. The van der Waals surface area contributed by atoms with Crippen LogP contribution in [0.5, 0.6) is 5.75 Å². The van der Waals surface area contributed by atoms with Crippen LogP contribution in [-0.2, 0) is 11.2 Å². The molecule has 2 aromatic rings. The van der Waals surface area contributed by atoms with E-state index in [1.165, 1.54) is 5.56 Å². The third-order valence-electron chi connectivity index (χ3n) is 4.20. The molecule has 0 heterocycles. The topological polar surface area (TPSA) is 50.7 Å². The van der Waals surface area contributed by atoms with Gasteiger partial charge in [-0.15, -0.1) is 0 Å². The predicted octanol–water partition coefficient (Wildman–Crippen LogP) is 5.01. The predicted molar refractivity (Wildman–Crippen MR) is 105 cm³/mol. The van der Waals surface area contributed by atoms with E-state index in [2.05, 4.69) is 22.7 Å². The van der Waals surface area contributed by atoms with E-state index in [9.17, 15) is 4.79 Å². The molecule has 0 saturated heterocycles. The van der Waals surface area contributed by atoms with Crippen molar-refractivity contribution < 1.29 is 9.53 Å². The molecule has 1 aliphatic carbocycles. The summed E-state index contributed by atoms with van der Waals surface area (Å²) in [6, 6.07) is 13.3. The molecular formula is C20H20Cl2N2O2. The second kappa shape index (κ2) is 9.06. The summed E-state index contributed by atoms with van der Waals surface area (Å²) in [6.07, 6.45) is 3.92. The molecule has 1 aliphatic rings. The minimum atomic E-state index is -0.119. The van der Waals surface area contributed by atoms with Gasteiger partial charge in [-0.05, 0) is 49.4 Å². The zero-order valence-electron chi connectivity index (χ0n) is 14.3. The van der Waals surface area contributed by atoms with Crippen LogP contribution in [0.15, 0.2) is 47.6 Å². The molecule has 3 rings (SSSR count). The van der Waals surface area contributed by atoms with Gasteiger partial charge in [0.1, 0.15) is 5.75 Å². The highest BCUT2D eigenvalue weighted by Gasteiger charge is 2.15. The molecule has 1 amide bonds. The van der Waals surface area contributed by atoms with Gasteiger partial charge in [0.25, 0.3) is 0 Å². The molecule has 0 aliphatic heterocycles. The van der Waals surface area contributed by atoms with E-state index in [0.717, 1.165) is 30.5 Å². The van der Waals surface area contributed by atoms with Crippen molar-refractivity contribution in [2.24, 2.45) is 5.10 Å². The van der Waals surface area contributed by atoms with Crippen molar-refractivity contribution in [1.29, 1.82) is 0 Å². The maximum atomic E-state index is 12.0. The van der Waals surface area contributed by atoms with E-state index in [1.54, 1.807) is 18.2 Å². The van der Waals surface area contributed by atoms with E-state index in [1.807, 2.05) is 12.1 Å². The monoisotopic (exact) mass is 390 g/mol. The maximum Gasteiger partial charge on any atom is 0.240 e. The normalized spacial score (nSPS) is 14.8. The highest BCUT2D eigenvalue weighted by atomic mass is 35.5. The van der Waals surface area contributed by atoms with E-state index in [-0.39, 0.29) is 5.91 Å². The number of hydrogen-bond acceptors (Lipinski definition) is 3. The fourth-order valence-corrected chi connectivity index (χ4v) is 3.37. The summed E-state index contributed by atoms with van der Waals surface area (Å²) in [5, 5.41) is 5.35. The number of ether oxygens (including phenoxy) is 1. The van der Waals surface area contributed by atoms with Gasteiger partial charge in [-0.3, -0.25) is 4.79 Å². The molecule has 136 valence electrons. The number of benzene rings is 2. The number of aryl methyl sites for hydroxylation is 1. The highest BCUT2D eigenvalue weighted by Crippen LogP contribution is 2.27. The zero-order valence-corrected chi connectivity index (χ0v) is 15.8. The number of nitrogens with zero attached hydrogens (tertiary/aromatic N) is 1. The van der Waals surface area contributed by atoms with Gasteiger partial charge in [0, 0.05) is 17.0 Å². The summed E-state index contributed by atoms with van der Waals surface area (Å²) in [5.41, 5.74) is 6.04. The van der Waals surface area contributed by atoms with Crippen molar-refractivity contribution >= 4 is 34.8 Å². The molecule has 0 spiro atoms. The number of rotatable bonds is 6. The Morgan fingerprint density at radius 2 is 2.00 bits per heavy atom. The minimum absolute atomic E-state index is 0.119. The standard InChI is InChI=1S/C20H20Cl2N2O2/c21-15-10-11-19(17(22)13-15)26-12-4-9-20(25)24-23-18-8-3-6-14-5-1-2-7-16(14)18/h1-2,5,7,10-11,13H,3-4,6,8-9,12H2,(H,24,25)/b23-18+. The number of amides is 1. The number of halogens is 2. The third-order valence-corrected chi connectivity index (χ3v) is 4.73. The first-order chi connectivity index (χ1) is 12.6. The molecule has 0 unspecified atom stereocenters. The first-order valence-electron chi connectivity index (χ1n) is 8.65. The van der Waals surface area contributed by atoms with Gasteiger partial charge in [-0.25, -0.2) is 5.43 Å². The first-order valence-corrected chi connectivity index (χ1v) is 9.40. The molecule has 26 heavy (non-hydrogen) atoms. The first kappa shape index (κ1) is 18.7. The molecule has 0 aromatic heterocycles. The average Bonchev–Trinajstić information content (AvgIpc) is 2.65. The number of fused-ring (bicyclic) bond motifs is 1. The van der Waals surface area contributed by atoms with E-state index < -0.39 is 0 Å². The van der Waals surface area contributed by atoms with Gasteiger partial charge in [-0.1, -0.05) is 47.5 Å². The van der Waals surface area contributed by atoms with E-state index in [0.29, 0.717) is 35.2 Å². The lowest BCUT2D eigenvalue weighted by molar-refractivity contribution is -0.121. The Balaban J connectivity index is 1.45. The van der Waals surface area contributed by atoms with E-state index in [4.69, 9.17) is 27.9 Å². The highest BCUT2D eigenvalue weighted by molar-refractivity contribution is 6.35. The number of nitrogens with one attached hydrogen (secondary N) is 1. The quantitative estimate of drug-likeness (QED) is 0.556. The van der Waals surface area contributed by atoms with Crippen LogP contribution in [0.1, 0.15) is 36.8 Å². The summed E-state index contributed by atoms with van der Waals surface area (Å²) in [5.74, 6) is 0.446. The molecule has 0 radical (unpaired) electrons. The van der Waals surface area contributed by atoms with Crippen LogP contribution in [-0.4, -0.2) is 18.2 Å². The number of hydrazone groups is 1. The summed E-state index contributed by atoms with van der Waals surface area (Å²) >= 11 is 11.9. The number of carbonyl (C=O) groups is 1. The van der Waals surface area contributed by atoms with Crippen LogP contribution >= 0.6 is 23.2 Å². The van der Waals surface area contributed by atoms with Crippen molar-refractivity contribution in [3.8, 4) is 5.75 Å². The summed E-state index contributed by atoms with van der Waals surface area (Å²) in [7, 11) is 0. The van der Waals surface area contributed by atoms with Gasteiger partial charge in [-0.2, -0.15) is 5.10 Å². The van der Waals surface area contributed by atoms with Crippen LogP contribution in [0.3, 0.4) is 0 Å². The average molecular weight is 391 g/mol. The maximum absolute atomic E-state index is 12.0. The SMILES string of the molecule is O=C(CCCOc1ccc(Cl)cc1Cl)N/N=C1\CCCc2ccccc21. The lowest BCUT2D eigenvalue weighted by Crippen LogP contribution is -2.22. The van der Waals surface area contributed by atoms with Crippen LogP contribution in [0.25, 0.3) is 0 Å². The Bertz CT molecular complexity index is 821. The van der Waals surface area contributed by atoms with Crippen molar-refractivity contribution in [1.82, 2.24) is 5.43 Å². The Morgan fingerprint density at radius 3 is 2.85 bits per heavy atom. The molecule has 4 nitrogen and oxygen atoms in total.